The van der Waals surface area contributed by atoms with Gasteiger partial charge in [-0.25, -0.2) is 8.42 Å². The summed E-state index contributed by atoms with van der Waals surface area (Å²) in [6.45, 7) is 5.68. The zero-order chi connectivity index (χ0) is 22.7. The number of aryl methyl sites for hydroxylation is 1. The van der Waals surface area contributed by atoms with E-state index >= 15 is 0 Å². The molecule has 1 N–H and O–H groups in total. The van der Waals surface area contributed by atoms with E-state index in [1.54, 1.807) is 30.3 Å². The van der Waals surface area contributed by atoms with Crippen LogP contribution >= 0.6 is 0 Å². The Hall–Kier alpha value is -2.74. The Morgan fingerprint density at radius 2 is 2.00 bits per heavy atom. The first-order valence-electron chi connectivity index (χ1n) is 11.2. The van der Waals surface area contributed by atoms with Crippen molar-refractivity contribution in [3.63, 3.8) is 0 Å². The highest BCUT2D eigenvalue weighted by atomic mass is 32.2. The number of benzene rings is 2. The number of carbonyl (C=O) groups excluding carboxylic acids is 1. The lowest BCUT2D eigenvalue weighted by atomic mass is 9.97. The maximum Gasteiger partial charge on any atom is 0.261 e. The van der Waals surface area contributed by atoms with E-state index in [-0.39, 0.29) is 16.8 Å². The van der Waals surface area contributed by atoms with E-state index in [4.69, 9.17) is 9.47 Å². The van der Waals surface area contributed by atoms with E-state index in [0.29, 0.717) is 36.0 Å². The van der Waals surface area contributed by atoms with E-state index in [1.165, 1.54) is 6.07 Å². The highest BCUT2D eigenvalue weighted by Crippen LogP contribution is 2.32. The van der Waals surface area contributed by atoms with Crippen molar-refractivity contribution in [2.75, 3.05) is 24.5 Å². The molecule has 0 spiro atoms. The lowest BCUT2D eigenvalue weighted by molar-refractivity contribution is 0.0548. The van der Waals surface area contributed by atoms with Crippen molar-refractivity contribution >= 4 is 21.6 Å². The molecule has 4 rings (SSSR count). The second kappa shape index (κ2) is 9.40. The molecule has 2 heterocycles. The predicted octanol–water partition coefficient (Wildman–Crippen LogP) is 4.36. The molecule has 172 valence electrons. The van der Waals surface area contributed by atoms with E-state index in [1.807, 2.05) is 18.7 Å². The lowest BCUT2D eigenvalue weighted by Gasteiger charge is -2.37. The summed E-state index contributed by atoms with van der Waals surface area (Å²) in [7, 11) is -3.83. The molecule has 1 saturated heterocycles. The van der Waals surface area contributed by atoms with Crippen LogP contribution in [0.3, 0.4) is 0 Å². The van der Waals surface area contributed by atoms with Gasteiger partial charge in [-0.15, -0.1) is 0 Å². The number of hydrogen-bond acceptors (Lipinski definition) is 5. The number of hydrogen-bond donors (Lipinski definition) is 1. The molecule has 8 heteroatoms. The van der Waals surface area contributed by atoms with Gasteiger partial charge < -0.3 is 14.4 Å². The molecule has 0 bridgehead atoms. The Morgan fingerprint density at radius 3 is 2.78 bits per heavy atom. The van der Waals surface area contributed by atoms with Gasteiger partial charge in [0, 0.05) is 24.7 Å². The third-order valence-corrected chi connectivity index (χ3v) is 7.36. The molecule has 0 aromatic heterocycles. The standard InChI is InChI=1S/C24H30N2O5S/c1-3-13-30-22-10-8-20(15-17(22)2)32(28,29)25-18-7-9-23-21(16-18)24(27)26-12-5-4-6-19(26)11-14-31-23/h7-10,15-16,19,25H,3-6,11-14H2,1-2H3. The van der Waals surface area contributed by atoms with Crippen LogP contribution in [0.5, 0.6) is 11.5 Å². The minimum atomic E-state index is -3.83. The van der Waals surface area contributed by atoms with Gasteiger partial charge in [0.25, 0.3) is 15.9 Å². The fourth-order valence-electron chi connectivity index (χ4n) is 4.29. The molecule has 2 aliphatic rings. The molecule has 32 heavy (non-hydrogen) atoms. The Labute approximate surface area is 189 Å². The molecular weight excluding hydrogens is 428 g/mol. The van der Waals surface area contributed by atoms with Crippen molar-refractivity contribution in [1.29, 1.82) is 0 Å². The number of piperidine rings is 1. The smallest absolute Gasteiger partial charge is 0.261 e. The highest BCUT2D eigenvalue weighted by Gasteiger charge is 2.31. The normalized spacial score (nSPS) is 18.6. The number of anilines is 1. The second-order valence-electron chi connectivity index (χ2n) is 8.38. The Kier molecular flexibility index (Phi) is 6.60. The number of carbonyl (C=O) groups is 1. The molecule has 1 unspecified atom stereocenters. The molecule has 7 nitrogen and oxygen atoms in total. The van der Waals surface area contributed by atoms with Crippen molar-refractivity contribution in [2.24, 2.45) is 0 Å². The van der Waals surface area contributed by atoms with Crippen LogP contribution in [0.15, 0.2) is 41.3 Å². The van der Waals surface area contributed by atoms with Crippen LogP contribution in [0.4, 0.5) is 5.69 Å². The number of amides is 1. The van der Waals surface area contributed by atoms with Crippen LogP contribution in [-0.2, 0) is 10.0 Å². The first-order valence-corrected chi connectivity index (χ1v) is 12.7. The van der Waals surface area contributed by atoms with Crippen LogP contribution in [-0.4, -0.2) is 45.0 Å². The van der Waals surface area contributed by atoms with Gasteiger partial charge in [0.1, 0.15) is 11.5 Å². The second-order valence-corrected chi connectivity index (χ2v) is 10.1. The Balaban J connectivity index is 1.58. The molecule has 2 aromatic carbocycles. The minimum absolute atomic E-state index is 0.0984. The molecule has 0 saturated carbocycles. The Morgan fingerprint density at radius 1 is 1.16 bits per heavy atom. The minimum Gasteiger partial charge on any atom is -0.493 e. The van der Waals surface area contributed by atoms with Crippen LogP contribution in [0.1, 0.15) is 54.9 Å². The SMILES string of the molecule is CCCOc1ccc(S(=O)(=O)Nc2ccc3c(c2)C(=O)N2CCCCC2CCO3)cc1C. The van der Waals surface area contributed by atoms with Gasteiger partial charge >= 0.3 is 0 Å². The van der Waals surface area contributed by atoms with Crippen LogP contribution in [0.25, 0.3) is 0 Å². The number of sulfonamides is 1. The van der Waals surface area contributed by atoms with Gasteiger partial charge in [-0.3, -0.25) is 9.52 Å². The molecule has 1 atom stereocenters. The van der Waals surface area contributed by atoms with Crippen LogP contribution < -0.4 is 14.2 Å². The average Bonchev–Trinajstić information content (AvgIpc) is 2.77. The summed E-state index contributed by atoms with van der Waals surface area (Å²) >= 11 is 0. The summed E-state index contributed by atoms with van der Waals surface area (Å²) in [5.74, 6) is 1.07. The van der Waals surface area contributed by atoms with E-state index in [0.717, 1.165) is 44.2 Å². The third kappa shape index (κ3) is 4.70. The monoisotopic (exact) mass is 458 g/mol. The van der Waals surface area contributed by atoms with Crippen molar-refractivity contribution in [3.8, 4) is 11.5 Å². The number of ether oxygens (including phenoxy) is 2. The fraction of sp³-hybridized carbons (Fsp3) is 0.458. The molecule has 2 aliphatic heterocycles. The largest absolute Gasteiger partial charge is 0.493 e. The molecule has 2 aromatic rings. The van der Waals surface area contributed by atoms with Crippen molar-refractivity contribution in [2.45, 2.75) is 56.9 Å². The number of nitrogens with zero attached hydrogens (tertiary/aromatic N) is 1. The Bertz CT molecular complexity index is 1100. The first-order chi connectivity index (χ1) is 15.4. The van der Waals surface area contributed by atoms with Gasteiger partial charge in [0.2, 0.25) is 0 Å². The summed E-state index contributed by atoms with van der Waals surface area (Å²) < 4.78 is 40.1. The topological polar surface area (TPSA) is 84.9 Å². The molecular formula is C24H30N2O5S. The van der Waals surface area contributed by atoms with Gasteiger partial charge in [-0.2, -0.15) is 0 Å². The highest BCUT2D eigenvalue weighted by molar-refractivity contribution is 7.92. The quantitative estimate of drug-likeness (QED) is 0.695. The average molecular weight is 459 g/mol. The van der Waals surface area contributed by atoms with Crippen LogP contribution in [0.2, 0.25) is 0 Å². The first kappa shape index (κ1) is 22.5. The van der Waals surface area contributed by atoms with E-state index in [9.17, 15) is 13.2 Å². The maximum absolute atomic E-state index is 13.2. The summed E-state index contributed by atoms with van der Waals surface area (Å²) in [6, 6.07) is 9.85. The number of rotatable bonds is 6. The fourth-order valence-corrected chi connectivity index (χ4v) is 5.43. The zero-order valence-corrected chi connectivity index (χ0v) is 19.4. The maximum atomic E-state index is 13.2. The third-order valence-electron chi connectivity index (χ3n) is 5.98. The van der Waals surface area contributed by atoms with Gasteiger partial charge in [0.15, 0.2) is 0 Å². The van der Waals surface area contributed by atoms with E-state index < -0.39 is 10.0 Å². The van der Waals surface area contributed by atoms with E-state index in [2.05, 4.69) is 4.72 Å². The van der Waals surface area contributed by atoms with Gasteiger partial charge in [-0.1, -0.05) is 6.92 Å². The predicted molar refractivity (Wildman–Crippen MR) is 123 cm³/mol. The molecule has 0 aliphatic carbocycles. The number of fused-ring (bicyclic) bond motifs is 2. The van der Waals surface area contributed by atoms with Crippen molar-refractivity contribution < 1.29 is 22.7 Å². The number of nitrogens with one attached hydrogen (secondary N) is 1. The van der Waals surface area contributed by atoms with Gasteiger partial charge in [-0.05, 0) is 74.6 Å². The summed E-state index contributed by atoms with van der Waals surface area (Å²) in [6.07, 6.45) is 4.77. The van der Waals surface area contributed by atoms with Crippen LogP contribution in [0, 0.1) is 6.92 Å². The lowest BCUT2D eigenvalue weighted by Crippen LogP contribution is -2.45. The van der Waals surface area contributed by atoms with Crippen molar-refractivity contribution in [3.05, 3.63) is 47.5 Å². The summed E-state index contributed by atoms with van der Waals surface area (Å²) in [5, 5.41) is 0. The summed E-state index contributed by atoms with van der Waals surface area (Å²) in [5.41, 5.74) is 1.48. The van der Waals surface area contributed by atoms with Gasteiger partial charge in [0.05, 0.1) is 23.7 Å². The molecule has 1 fully saturated rings. The molecule has 1 amide bonds. The zero-order valence-electron chi connectivity index (χ0n) is 18.6. The summed E-state index contributed by atoms with van der Waals surface area (Å²) in [4.78, 5) is 15.3. The van der Waals surface area contributed by atoms with Crippen molar-refractivity contribution in [1.82, 2.24) is 4.90 Å². The molecule has 0 radical (unpaired) electrons.